The summed E-state index contributed by atoms with van der Waals surface area (Å²) < 4.78 is 41.1. The Morgan fingerprint density at radius 1 is 1.45 bits per heavy atom. The van der Waals surface area contributed by atoms with E-state index in [0.717, 1.165) is 6.42 Å². The lowest BCUT2D eigenvalue weighted by atomic mass is 9.84. The van der Waals surface area contributed by atoms with Gasteiger partial charge in [-0.2, -0.15) is 4.98 Å². The SMILES string of the molecule is NS(=O)(=O)C1(CNc2nc3c(F)cccc3o2)CCC1. The zero-order valence-electron chi connectivity index (χ0n) is 10.6. The topological polar surface area (TPSA) is 98.2 Å². The molecule has 0 radical (unpaired) electrons. The number of aromatic nitrogens is 1. The summed E-state index contributed by atoms with van der Waals surface area (Å²) in [6, 6.07) is 4.49. The molecule has 6 nitrogen and oxygen atoms in total. The Morgan fingerprint density at radius 2 is 2.20 bits per heavy atom. The van der Waals surface area contributed by atoms with Gasteiger partial charge in [0, 0.05) is 6.54 Å². The Morgan fingerprint density at radius 3 is 2.75 bits per heavy atom. The van der Waals surface area contributed by atoms with Gasteiger partial charge in [0.15, 0.2) is 11.4 Å². The molecule has 1 heterocycles. The third-order valence-corrected chi connectivity index (χ3v) is 5.56. The van der Waals surface area contributed by atoms with Crippen LogP contribution in [0.1, 0.15) is 19.3 Å². The van der Waals surface area contributed by atoms with Crippen molar-refractivity contribution in [1.29, 1.82) is 0 Å². The van der Waals surface area contributed by atoms with Gasteiger partial charge in [0.25, 0.3) is 6.01 Å². The molecule has 3 N–H and O–H groups in total. The van der Waals surface area contributed by atoms with Gasteiger partial charge < -0.3 is 9.73 Å². The predicted molar refractivity (Wildman–Crippen MR) is 72.1 cm³/mol. The van der Waals surface area contributed by atoms with Crippen LogP contribution in [0.25, 0.3) is 11.1 Å². The first-order valence-corrected chi connectivity index (χ1v) is 7.77. The first-order chi connectivity index (χ1) is 9.41. The zero-order valence-corrected chi connectivity index (χ0v) is 11.4. The first kappa shape index (κ1) is 13.3. The molecule has 2 aromatic rings. The summed E-state index contributed by atoms with van der Waals surface area (Å²) in [5.41, 5.74) is 0.430. The van der Waals surface area contributed by atoms with E-state index in [1.165, 1.54) is 12.1 Å². The molecule has 1 aliphatic carbocycles. The lowest BCUT2D eigenvalue weighted by Gasteiger charge is -2.39. The minimum absolute atomic E-state index is 0.0972. The maximum absolute atomic E-state index is 13.5. The van der Waals surface area contributed by atoms with E-state index in [1.807, 2.05) is 0 Å². The van der Waals surface area contributed by atoms with Crippen LogP contribution in [0.4, 0.5) is 10.4 Å². The van der Waals surface area contributed by atoms with E-state index in [0.29, 0.717) is 18.4 Å². The van der Waals surface area contributed by atoms with Crippen LogP contribution in [-0.2, 0) is 10.0 Å². The molecule has 8 heteroatoms. The van der Waals surface area contributed by atoms with Crippen molar-refractivity contribution in [2.24, 2.45) is 5.14 Å². The molecule has 108 valence electrons. The molecule has 1 saturated carbocycles. The monoisotopic (exact) mass is 299 g/mol. The van der Waals surface area contributed by atoms with Gasteiger partial charge in [0.2, 0.25) is 10.0 Å². The number of fused-ring (bicyclic) bond motifs is 1. The van der Waals surface area contributed by atoms with E-state index in [1.54, 1.807) is 6.07 Å². The average Bonchev–Trinajstić information content (AvgIpc) is 2.70. The molecule has 0 unspecified atom stereocenters. The molecule has 20 heavy (non-hydrogen) atoms. The maximum Gasteiger partial charge on any atom is 0.295 e. The van der Waals surface area contributed by atoms with Crippen LogP contribution in [0.2, 0.25) is 0 Å². The highest BCUT2D eigenvalue weighted by atomic mass is 32.2. The number of anilines is 1. The lowest BCUT2D eigenvalue weighted by Crippen LogP contribution is -2.53. The maximum atomic E-state index is 13.5. The zero-order chi connectivity index (χ0) is 14.4. The van der Waals surface area contributed by atoms with Gasteiger partial charge in [-0.1, -0.05) is 12.5 Å². The van der Waals surface area contributed by atoms with Crippen LogP contribution in [-0.4, -0.2) is 24.7 Å². The van der Waals surface area contributed by atoms with Gasteiger partial charge in [-0.15, -0.1) is 0 Å². The molecule has 1 aromatic heterocycles. The highest BCUT2D eigenvalue weighted by molar-refractivity contribution is 7.90. The van der Waals surface area contributed by atoms with Gasteiger partial charge in [0.05, 0.1) is 0 Å². The van der Waals surface area contributed by atoms with Crippen molar-refractivity contribution in [1.82, 2.24) is 4.98 Å². The molecule has 0 amide bonds. The van der Waals surface area contributed by atoms with Crippen molar-refractivity contribution in [2.45, 2.75) is 24.0 Å². The fourth-order valence-electron chi connectivity index (χ4n) is 2.36. The minimum Gasteiger partial charge on any atom is -0.423 e. The van der Waals surface area contributed by atoms with E-state index in [4.69, 9.17) is 9.56 Å². The number of oxazole rings is 1. The standard InChI is InChI=1S/C12H14FN3O3S/c13-8-3-1-4-9-10(8)16-11(19-9)15-7-12(5-2-6-12)20(14,17)18/h1,3-4H,2,5-7H2,(H,15,16)(H2,14,17,18). The van der Waals surface area contributed by atoms with Crippen LogP contribution in [0.15, 0.2) is 22.6 Å². The summed E-state index contributed by atoms with van der Waals surface area (Å²) in [7, 11) is -3.64. The van der Waals surface area contributed by atoms with Crippen molar-refractivity contribution >= 4 is 27.1 Å². The van der Waals surface area contributed by atoms with E-state index in [9.17, 15) is 12.8 Å². The summed E-state index contributed by atoms with van der Waals surface area (Å²) in [6.45, 7) is 0.111. The Labute approximate surface area is 115 Å². The third kappa shape index (κ3) is 2.04. The summed E-state index contributed by atoms with van der Waals surface area (Å²) in [4.78, 5) is 3.97. The Balaban J connectivity index is 1.82. The molecule has 1 aliphatic rings. The molecule has 3 rings (SSSR count). The first-order valence-electron chi connectivity index (χ1n) is 6.23. The minimum atomic E-state index is -3.64. The molecule has 1 fully saturated rings. The number of rotatable bonds is 4. The number of halogens is 1. The van der Waals surface area contributed by atoms with Crippen LogP contribution < -0.4 is 10.5 Å². The number of primary sulfonamides is 1. The highest BCUT2D eigenvalue weighted by Gasteiger charge is 2.47. The molecule has 0 saturated heterocycles. The molecular weight excluding hydrogens is 285 g/mol. The number of nitrogens with zero attached hydrogens (tertiary/aromatic N) is 1. The Hall–Kier alpha value is -1.67. The van der Waals surface area contributed by atoms with E-state index >= 15 is 0 Å². The van der Waals surface area contributed by atoms with Crippen molar-refractivity contribution in [2.75, 3.05) is 11.9 Å². The summed E-state index contributed by atoms with van der Waals surface area (Å²) in [5.74, 6) is -0.482. The van der Waals surface area contributed by atoms with Crippen molar-refractivity contribution < 1.29 is 17.2 Å². The molecule has 1 aromatic carbocycles. The third-order valence-electron chi connectivity index (χ3n) is 3.80. The van der Waals surface area contributed by atoms with Gasteiger partial charge in [0.1, 0.15) is 10.3 Å². The van der Waals surface area contributed by atoms with Crippen molar-refractivity contribution in [3.63, 3.8) is 0 Å². The number of hydrogen-bond acceptors (Lipinski definition) is 5. The number of nitrogens with two attached hydrogens (primary N) is 1. The fraction of sp³-hybridized carbons (Fsp3) is 0.417. The normalized spacial score (nSPS) is 17.9. The second kappa shape index (κ2) is 4.42. The second-order valence-corrected chi connectivity index (χ2v) is 7.00. The van der Waals surface area contributed by atoms with E-state index in [-0.39, 0.29) is 18.1 Å². The van der Waals surface area contributed by atoms with Gasteiger partial charge >= 0.3 is 0 Å². The highest BCUT2D eigenvalue weighted by Crippen LogP contribution is 2.38. The molecule has 0 spiro atoms. The average molecular weight is 299 g/mol. The van der Waals surface area contributed by atoms with Crippen LogP contribution >= 0.6 is 0 Å². The van der Waals surface area contributed by atoms with Crippen molar-refractivity contribution in [3.8, 4) is 0 Å². The predicted octanol–water partition coefficient (Wildman–Crippen LogP) is 1.59. The number of hydrogen-bond donors (Lipinski definition) is 2. The molecule has 0 bridgehead atoms. The van der Waals surface area contributed by atoms with Gasteiger partial charge in [-0.25, -0.2) is 17.9 Å². The van der Waals surface area contributed by atoms with Crippen LogP contribution in [0, 0.1) is 5.82 Å². The van der Waals surface area contributed by atoms with Crippen LogP contribution in [0.5, 0.6) is 0 Å². The number of para-hydroxylation sites is 1. The smallest absolute Gasteiger partial charge is 0.295 e. The van der Waals surface area contributed by atoms with E-state index in [2.05, 4.69) is 10.3 Å². The summed E-state index contributed by atoms with van der Waals surface area (Å²) in [5, 5.41) is 8.07. The molecule has 0 atom stereocenters. The number of benzene rings is 1. The second-order valence-electron chi connectivity index (χ2n) is 5.04. The summed E-state index contributed by atoms with van der Waals surface area (Å²) in [6.07, 6.45) is 1.83. The number of sulfonamides is 1. The quantitative estimate of drug-likeness (QED) is 0.893. The Bertz CT molecular complexity index is 752. The van der Waals surface area contributed by atoms with Crippen molar-refractivity contribution in [3.05, 3.63) is 24.0 Å². The van der Waals surface area contributed by atoms with Crippen LogP contribution in [0.3, 0.4) is 0 Å². The molecule has 0 aliphatic heterocycles. The van der Waals surface area contributed by atoms with Gasteiger partial charge in [-0.05, 0) is 25.0 Å². The summed E-state index contributed by atoms with van der Waals surface area (Å²) >= 11 is 0. The largest absolute Gasteiger partial charge is 0.423 e. The molecular formula is C12H14FN3O3S. The fourth-order valence-corrected chi connectivity index (χ4v) is 3.49. The number of nitrogens with one attached hydrogen (secondary N) is 1. The van der Waals surface area contributed by atoms with E-state index < -0.39 is 20.6 Å². The lowest BCUT2D eigenvalue weighted by molar-refractivity contribution is 0.349. The van der Waals surface area contributed by atoms with Gasteiger partial charge in [-0.3, -0.25) is 0 Å². The Kier molecular flexibility index (Phi) is 2.94.